The third-order valence-electron chi connectivity index (χ3n) is 3.26. The molecule has 0 radical (unpaired) electrons. The SMILES string of the molecule is Cc1nnc(CN2CC(C)NC(=O)c3ccccc32)s1. The van der Waals surface area contributed by atoms with Crippen LogP contribution in [0.15, 0.2) is 24.3 Å². The standard InChI is InChI=1S/C14H16N4OS/c1-9-7-18(8-13-17-16-10(2)20-13)12-6-4-3-5-11(12)14(19)15-9/h3-6,9H,7-8H2,1-2H3,(H,15,19). The van der Waals surface area contributed by atoms with Gasteiger partial charge in [-0.15, -0.1) is 10.2 Å². The molecule has 0 aliphatic carbocycles. The van der Waals surface area contributed by atoms with Gasteiger partial charge in [0.15, 0.2) is 0 Å². The van der Waals surface area contributed by atoms with Crippen molar-refractivity contribution in [1.29, 1.82) is 0 Å². The van der Waals surface area contributed by atoms with Gasteiger partial charge in [0.25, 0.3) is 5.91 Å². The number of rotatable bonds is 2. The van der Waals surface area contributed by atoms with Crippen LogP contribution < -0.4 is 10.2 Å². The molecule has 3 rings (SSSR count). The summed E-state index contributed by atoms with van der Waals surface area (Å²) in [5.74, 6) is -0.0101. The summed E-state index contributed by atoms with van der Waals surface area (Å²) in [5.41, 5.74) is 1.68. The molecule has 2 aromatic rings. The van der Waals surface area contributed by atoms with Crippen molar-refractivity contribution in [3.63, 3.8) is 0 Å². The van der Waals surface area contributed by atoms with Gasteiger partial charge in [0, 0.05) is 18.3 Å². The summed E-state index contributed by atoms with van der Waals surface area (Å²) >= 11 is 1.60. The van der Waals surface area contributed by atoms with E-state index in [0.717, 1.165) is 27.8 Å². The van der Waals surface area contributed by atoms with Crippen molar-refractivity contribution in [1.82, 2.24) is 15.5 Å². The van der Waals surface area contributed by atoms with Gasteiger partial charge >= 0.3 is 0 Å². The van der Waals surface area contributed by atoms with Crippen LogP contribution in [0.5, 0.6) is 0 Å². The predicted molar refractivity (Wildman–Crippen MR) is 79.1 cm³/mol. The topological polar surface area (TPSA) is 58.1 Å². The van der Waals surface area contributed by atoms with Gasteiger partial charge in [-0.05, 0) is 26.0 Å². The molecule has 1 aliphatic rings. The second kappa shape index (κ2) is 5.20. The smallest absolute Gasteiger partial charge is 0.253 e. The highest BCUT2D eigenvalue weighted by Crippen LogP contribution is 2.25. The first-order valence-corrected chi connectivity index (χ1v) is 7.39. The molecule has 0 saturated carbocycles. The lowest BCUT2D eigenvalue weighted by Gasteiger charge is -2.24. The second-order valence-corrected chi connectivity index (χ2v) is 6.25. The molecular weight excluding hydrogens is 272 g/mol. The monoisotopic (exact) mass is 288 g/mol. The Kier molecular flexibility index (Phi) is 3.40. The number of carbonyl (C=O) groups is 1. The van der Waals surface area contributed by atoms with E-state index in [1.54, 1.807) is 11.3 Å². The molecule has 0 spiro atoms. The molecule has 6 heteroatoms. The van der Waals surface area contributed by atoms with Gasteiger partial charge in [-0.1, -0.05) is 23.5 Å². The highest BCUT2D eigenvalue weighted by atomic mass is 32.1. The van der Waals surface area contributed by atoms with Gasteiger partial charge < -0.3 is 10.2 Å². The number of carbonyl (C=O) groups excluding carboxylic acids is 1. The van der Waals surface area contributed by atoms with Crippen LogP contribution in [0.2, 0.25) is 0 Å². The molecule has 1 aromatic carbocycles. The number of aryl methyl sites for hydroxylation is 1. The van der Waals surface area contributed by atoms with Gasteiger partial charge in [-0.25, -0.2) is 0 Å². The number of nitrogens with one attached hydrogen (secondary N) is 1. The lowest BCUT2D eigenvalue weighted by Crippen LogP contribution is -2.38. The van der Waals surface area contributed by atoms with E-state index in [1.807, 2.05) is 38.1 Å². The minimum Gasteiger partial charge on any atom is -0.362 e. The van der Waals surface area contributed by atoms with Crippen LogP contribution in [0.3, 0.4) is 0 Å². The maximum atomic E-state index is 12.2. The highest BCUT2D eigenvalue weighted by Gasteiger charge is 2.24. The molecule has 2 heterocycles. The van der Waals surface area contributed by atoms with Gasteiger partial charge in [0.05, 0.1) is 12.1 Å². The van der Waals surface area contributed by atoms with E-state index >= 15 is 0 Å². The molecule has 1 amide bonds. The molecule has 1 atom stereocenters. The Bertz CT molecular complexity index is 640. The molecule has 0 bridgehead atoms. The fraction of sp³-hybridized carbons (Fsp3) is 0.357. The first-order valence-electron chi connectivity index (χ1n) is 6.57. The zero-order valence-corrected chi connectivity index (χ0v) is 12.3. The number of benzene rings is 1. The van der Waals surface area contributed by atoms with Crippen molar-refractivity contribution in [2.24, 2.45) is 0 Å². The normalized spacial score (nSPS) is 18.4. The quantitative estimate of drug-likeness (QED) is 0.918. The van der Waals surface area contributed by atoms with Crippen LogP contribution in [-0.4, -0.2) is 28.7 Å². The third kappa shape index (κ3) is 2.51. The van der Waals surface area contributed by atoms with E-state index in [4.69, 9.17) is 0 Å². The molecule has 1 aliphatic heterocycles. The molecule has 1 unspecified atom stereocenters. The zero-order valence-electron chi connectivity index (χ0n) is 11.5. The Morgan fingerprint density at radius 1 is 1.40 bits per heavy atom. The van der Waals surface area contributed by atoms with E-state index < -0.39 is 0 Å². The van der Waals surface area contributed by atoms with Crippen LogP contribution >= 0.6 is 11.3 Å². The second-order valence-electron chi connectivity index (χ2n) is 4.99. The van der Waals surface area contributed by atoms with Gasteiger partial charge in [0.2, 0.25) is 0 Å². The summed E-state index contributed by atoms with van der Waals surface area (Å²) in [6.45, 7) is 5.41. The molecular formula is C14H16N4OS. The van der Waals surface area contributed by atoms with Crippen molar-refractivity contribution in [2.75, 3.05) is 11.4 Å². The number of amides is 1. The Labute approximate surface area is 121 Å². The summed E-state index contributed by atoms with van der Waals surface area (Å²) in [5, 5.41) is 13.2. The maximum Gasteiger partial charge on any atom is 0.253 e. The molecule has 0 saturated heterocycles. The van der Waals surface area contributed by atoms with Crippen LogP contribution in [0, 0.1) is 6.92 Å². The Morgan fingerprint density at radius 2 is 2.20 bits per heavy atom. The van der Waals surface area contributed by atoms with Crippen LogP contribution in [0.1, 0.15) is 27.3 Å². The molecule has 0 fully saturated rings. The number of nitrogens with zero attached hydrogens (tertiary/aromatic N) is 3. The number of fused-ring (bicyclic) bond motifs is 1. The fourth-order valence-electron chi connectivity index (χ4n) is 2.43. The first-order chi connectivity index (χ1) is 9.63. The van der Waals surface area contributed by atoms with Crippen LogP contribution in [-0.2, 0) is 6.54 Å². The number of hydrogen-bond donors (Lipinski definition) is 1. The van der Waals surface area contributed by atoms with E-state index in [0.29, 0.717) is 6.54 Å². The van der Waals surface area contributed by atoms with Gasteiger partial charge in [0.1, 0.15) is 10.0 Å². The summed E-state index contributed by atoms with van der Waals surface area (Å²) in [6, 6.07) is 7.80. The summed E-state index contributed by atoms with van der Waals surface area (Å²) in [6.07, 6.45) is 0. The minimum absolute atomic E-state index is 0.0101. The van der Waals surface area contributed by atoms with Crippen molar-refractivity contribution in [2.45, 2.75) is 26.4 Å². The zero-order chi connectivity index (χ0) is 14.1. The van der Waals surface area contributed by atoms with Crippen LogP contribution in [0.4, 0.5) is 5.69 Å². The fourth-order valence-corrected chi connectivity index (χ4v) is 3.16. The molecule has 1 N–H and O–H groups in total. The predicted octanol–water partition coefficient (Wildman–Crippen LogP) is 1.99. The summed E-state index contributed by atoms with van der Waals surface area (Å²) in [4.78, 5) is 14.3. The summed E-state index contributed by atoms with van der Waals surface area (Å²) < 4.78 is 0. The number of anilines is 1. The lowest BCUT2D eigenvalue weighted by atomic mass is 10.1. The highest BCUT2D eigenvalue weighted by molar-refractivity contribution is 7.11. The van der Waals surface area contributed by atoms with Crippen molar-refractivity contribution < 1.29 is 4.79 Å². The third-order valence-corrected chi connectivity index (χ3v) is 4.08. The Balaban J connectivity index is 1.96. The molecule has 104 valence electrons. The molecule has 5 nitrogen and oxygen atoms in total. The molecule has 1 aromatic heterocycles. The van der Waals surface area contributed by atoms with Gasteiger partial charge in [-0.2, -0.15) is 0 Å². The number of aromatic nitrogens is 2. The first kappa shape index (κ1) is 13.1. The largest absolute Gasteiger partial charge is 0.362 e. The van der Waals surface area contributed by atoms with Crippen molar-refractivity contribution in [3.8, 4) is 0 Å². The molecule has 20 heavy (non-hydrogen) atoms. The van der Waals surface area contributed by atoms with E-state index in [9.17, 15) is 4.79 Å². The lowest BCUT2D eigenvalue weighted by molar-refractivity contribution is 0.0945. The van der Waals surface area contributed by atoms with E-state index in [1.165, 1.54) is 0 Å². The number of hydrogen-bond acceptors (Lipinski definition) is 5. The minimum atomic E-state index is -0.0101. The van der Waals surface area contributed by atoms with Crippen molar-refractivity contribution in [3.05, 3.63) is 39.8 Å². The Hall–Kier alpha value is -1.95. The Morgan fingerprint density at radius 3 is 2.95 bits per heavy atom. The van der Waals surface area contributed by atoms with E-state index in [-0.39, 0.29) is 11.9 Å². The number of para-hydroxylation sites is 1. The maximum absolute atomic E-state index is 12.2. The van der Waals surface area contributed by atoms with Crippen LogP contribution in [0.25, 0.3) is 0 Å². The van der Waals surface area contributed by atoms with E-state index in [2.05, 4.69) is 20.4 Å². The van der Waals surface area contributed by atoms with Gasteiger partial charge in [-0.3, -0.25) is 4.79 Å². The average Bonchev–Trinajstić information content (AvgIpc) is 2.78. The average molecular weight is 288 g/mol. The summed E-state index contributed by atoms with van der Waals surface area (Å²) in [7, 11) is 0. The van der Waals surface area contributed by atoms with Crippen molar-refractivity contribution >= 4 is 22.9 Å².